The van der Waals surface area contributed by atoms with Gasteiger partial charge in [0.25, 0.3) is 0 Å². The van der Waals surface area contributed by atoms with E-state index in [9.17, 15) is 0 Å². The molecule has 0 amide bonds. The highest BCUT2D eigenvalue weighted by atomic mass is 31.1. The van der Waals surface area contributed by atoms with Crippen molar-refractivity contribution in [1.82, 2.24) is 5.32 Å². The molecule has 0 fully saturated rings. The number of hydrogen-bond acceptors (Lipinski definition) is 1. The fourth-order valence-electron chi connectivity index (χ4n) is 0.675. The van der Waals surface area contributed by atoms with Gasteiger partial charge >= 0.3 is 0 Å². The van der Waals surface area contributed by atoms with E-state index in [-0.39, 0.29) is 0 Å². The minimum atomic E-state index is 0.876. The molecular weight excluding hydrogens is 117 g/mol. The summed E-state index contributed by atoms with van der Waals surface area (Å²) in [6.07, 6.45) is 0. The number of nitrogens with one attached hydrogen (secondary N) is 1. The summed E-state index contributed by atoms with van der Waals surface area (Å²) in [6, 6.07) is 0. The molecule has 8 heavy (non-hydrogen) atoms. The van der Waals surface area contributed by atoms with Crippen LogP contribution in [-0.2, 0) is 0 Å². The second-order valence-electron chi connectivity index (χ2n) is 1.95. The summed E-state index contributed by atoms with van der Waals surface area (Å²) in [5.41, 5.74) is 2.56. The van der Waals surface area contributed by atoms with Crippen LogP contribution in [0.5, 0.6) is 0 Å². The standard InChI is InChI=1S/C6H10NP/c1-5-3-8-4-6(2)7-5/h3-4,7-8H,1-2H3. The van der Waals surface area contributed by atoms with E-state index >= 15 is 0 Å². The highest BCUT2D eigenvalue weighted by Crippen LogP contribution is 2.21. The Labute approximate surface area is 51.6 Å². The average Bonchev–Trinajstić information content (AvgIpc) is 1.64. The zero-order chi connectivity index (χ0) is 5.98. The minimum absolute atomic E-state index is 0.876. The summed E-state index contributed by atoms with van der Waals surface area (Å²) >= 11 is 0. The molecule has 2 heteroatoms. The van der Waals surface area contributed by atoms with Gasteiger partial charge in [0, 0.05) is 11.4 Å². The van der Waals surface area contributed by atoms with E-state index in [0.717, 1.165) is 8.58 Å². The smallest absolute Gasteiger partial charge is 0.0122 e. The summed E-state index contributed by atoms with van der Waals surface area (Å²) in [7, 11) is 0.876. The van der Waals surface area contributed by atoms with Gasteiger partial charge in [0.2, 0.25) is 0 Å². The van der Waals surface area contributed by atoms with E-state index in [1.54, 1.807) is 0 Å². The van der Waals surface area contributed by atoms with Gasteiger partial charge in [-0.3, -0.25) is 0 Å². The second kappa shape index (κ2) is 2.32. The van der Waals surface area contributed by atoms with E-state index in [0.29, 0.717) is 0 Å². The molecule has 1 rings (SSSR count). The van der Waals surface area contributed by atoms with Crippen molar-refractivity contribution in [3.63, 3.8) is 0 Å². The lowest BCUT2D eigenvalue weighted by molar-refractivity contribution is 0.972. The second-order valence-corrected chi connectivity index (χ2v) is 2.86. The monoisotopic (exact) mass is 127 g/mol. The first kappa shape index (κ1) is 5.84. The highest BCUT2D eigenvalue weighted by molar-refractivity contribution is 7.45. The first-order valence-corrected chi connectivity index (χ1v) is 3.81. The Morgan fingerprint density at radius 2 is 1.75 bits per heavy atom. The molecule has 0 aromatic carbocycles. The van der Waals surface area contributed by atoms with Gasteiger partial charge in [0.15, 0.2) is 0 Å². The largest absolute Gasteiger partial charge is 0.363 e. The molecule has 0 aliphatic carbocycles. The Hall–Kier alpha value is -0.290. The zero-order valence-corrected chi connectivity index (χ0v) is 6.15. The molecule has 44 valence electrons. The lowest BCUT2D eigenvalue weighted by Gasteiger charge is -2.09. The quantitative estimate of drug-likeness (QED) is 0.490. The Morgan fingerprint density at radius 1 is 1.25 bits per heavy atom. The molecule has 1 nitrogen and oxygen atoms in total. The molecule has 0 aromatic heterocycles. The molecule has 0 spiro atoms. The van der Waals surface area contributed by atoms with Crippen molar-refractivity contribution in [3.05, 3.63) is 23.0 Å². The van der Waals surface area contributed by atoms with Crippen LogP contribution in [0, 0.1) is 0 Å². The lowest BCUT2D eigenvalue weighted by atomic mass is 10.5. The average molecular weight is 127 g/mol. The number of allylic oxidation sites excluding steroid dienone is 2. The fourth-order valence-corrected chi connectivity index (χ4v) is 1.40. The SMILES string of the molecule is CC1=CPC=C(C)N1. The summed E-state index contributed by atoms with van der Waals surface area (Å²) in [4.78, 5) is 0. The fraction of sp³-hybridized carbons (Fsp3) is 0.333. The summed E-state index contributed by atoms with van der Waals surface area (Å²) < 4.78 is 0. The Morgan fingerprint density at radius 3 is 2.00 bits per heavy atom. The third kappa shape index (κ3) is 1.34. The van der Waals surface area contributed by atoms with Crippen molar-refractivity contribution in [2.24, 2.45) is 0 Å². The van der Waals surface area contributed by atoms with Gasteiger partial charge in [-0.05, 0) is 25.5 Å². The van der Waals surface area contributed by atoms with Crippen LogP contribution in [0.2, 0.25) is 0 Å². The van der Waals surface area contributed by atoms with Gasteiger partial charge in [-0.25, -0.2) is 0 Å². The maximum atomic E-state index is 3.21. The van der Waals surface area contributed by atoms with Gasteiger partial charge < -0.3 is 5.32 Å². The normalized spacial score (nSPS) is 18.8. The highest BCUT2D eigenvalue weighted by Gasteiger charge is 1.93. The molecule has 0 atom stereocenters. The predicted molar refractivity (Wildman–Crippen MR) is 39.0 cm³/mol. The maximum absolute atomic E-state index is 3.21. The van der Waals surface area contributed by atoms with Gasteiger partial charge in [-0.1, -0.05) is 8.58 Å². The van der Waals surface area contributed by atoms with Crippen LogP contribution in [-0.4, -0.2) is 0 Å². The Bertz CT molecular complexity index is 131. The molecule has 1 aliphatic rings. The first-order chi connectivity index (χ1) is 3.79. The Balaban J connectivity index is 2.57. The van der Waals surface area contributed by atoms with Crippen molar-refractivity contribution in [3.8, 4) is 0 Å². The summed E-state index contributed by atoms with van der Waals surface area (Å²) in [6.45, 7) is 4.17. The predicted octanol–water partition coefficient (Wildman–Crippen LogP) is 1.99. The van der Waals surface area contributed by atoms with Crippen LogP contribution in [0.25, 0.3) is 0 Å². The van der Waals surface area contributed by atoms with Crippen LogP contribution < -0.4 is 5.32 Å². The topological polar surface area (TPSA) is 12.0 Å². The van der Waals surface area contributed by atoms with Crippen LogP contribution in [0.4, 0.5) is 0 Å². The van der Waals surface area contributed by atoms with Crippen LogP contribution in [0.3, 0.4) is 0 Å². The number of hydrogen-bond donors (Lipinski definition) is 1. The van der Waals surface area contributed by atoms with Gasteiger partial charge in [-0.2, -0.15) is 0 Å². The third-order valence-corrected chi connectivity index (χ3v) is 2.19. The van der Waals surface area contributed by atoms with Crippen molar-refractivity contribution in [1.29, 1.82) is 0 Å². The molecule has 0 aromatic rings. The van der Waals surface area contributed by atoms with Crippen molar-refractivity contribution >= 4 is 8.58 Å². The summed E-state index contributed by atoms with van der Waals surface area (Å²) in [5, 5.41) is 3.21. The molecule has 1 heterocycles. The van der Waals surface area contributed by atoms with Crippen LogP contribution in [0.15, 0.2) is 23.0 Å². The van der Waals surface area contributed by atoms with E-state index in [4.69, 9.17) is 0 Å². The van der Waals surface area contributed by atoms with Crippen LogP contribution >= 0.6 is 8.58 Å². The van der Waals surface area contributed by atoms with E-state index in [1.165, 1.54) is 11.4 Å². The van der Waals surface area contributed by atoms with Crippen molar-refractivity contribution < 1.29 is 0 Å². The lowest BCUT2D eigenvalue weighted by Crippen LogP contribution is -2.08. The first-order valence-electron chi connectivity index (χ1n) is 2.65. The van der Waals surface area contributed by atoms with Crippen molar-refractivity contribution in [2.45, 2.75) is 13.8 Å². The zero-order valence-electron chi connectivity index (χ0n) is 5.15. The number of rotatable bonds is 0. The molecule has 0 unspecified atom stereocenters. The van der Waals surface area contributed by atoms with Gasteiger partial charge in [-0.15, -0.1) is 0 Å². The van der Waals surface area contributed by atoms with Gasteiger partial charge in [0.05, 0.1) is 0 Å². The molecule has 1 aliphatic heterocycles. The van der Waals surface area contributed by atoms with Gasteiger partial charge in [0.1, 0.15) is 0 Å². The van der Waals surface area contributed by atoms with E-state index < -0.39 is 0 Å². The molecule has 1 N–H and O–H groups in total. The third-order valence-electron chi connectivity index (χ3n) is 0.994. The molecular formula is C6H10NP. The van der Waals surface area contributed by atoms with Crippen molar-refractivity contribution in [2.75, 3.05) is 0 Å². The molecule has 0 radical (unpaired) electrons. The van der Waals surface area contributed by atoms with E-state index in [2.05, 4.69) is 30.8 Å². The van der Waals surface area contributed by atoms with E-state index in [1.807, 2.05) is 0 Å². The summed E-state index contributed by atoms with van der Waals surface area (Å²) in [5.74, 6) is 4.40. The maximum Gasteiger partial charge on any atom is 0.0122 e. The Kier molecular flexibility index (Phi) is 1.69. The van der Waals surface area contributed by atoms with Crippen LogP contribution in [0.1, 0.15) is 13.8 Å². The molecule has 0 bridgehead atoms. The minimum Gasteiger partial charge on any atom is -0.363 e. The molecule has 0 saturated carbocycles. The molecule has 0 saturated heterocycles.